The molecule has 0 aromatic heterocycles. The highest BCUT2D eigenvalue weighted by molar-refractivity contribution is 4.81. The fourth-order valence-electron chi connectivity index (χ4n) is 1.74. The standard InChI is InChI=1S/C11H24N2O2/c1-10(8-12-11-2-3-11)9-13(4-6-14)5-7-15/h10-12,14-15H,2-9H2,1H3. The summed E-state index contributed by atoms with van der Waals surface area (Å²) in [5.74, 6) is 0.573. The largest absolute Gasteiger partial charge is 0.395 e. The summed E-state index contributed by atoms with van der Waals surface area (Å²) in [5.41, 5.74) is 0. The topological polar surface area (TPSA) is 55.7 Å². The zero-order chi connectivity index (χ0) is 11.1. The summed E-state index contributed by atoms with van der Waals surface area (Å²) in [6.45, 7) is 5.85. The molecule has 0 aromatic carbocycles. The van der Waals surface area contributed by atoms with Crippen LogP contribution in [-0.2, 0) is 0 Å². The fraction of sp³-hybridized carbons (Fsp3) is 1.00. The average molecular weight is 216 g/mol. The molecule has 0 aliphatic heterocycles. The number of aliphatic hydroxyl groups excluding tert-OH is 2. The molecule has 1 aliphatic rings. The highest BCUT2D eigenvalue weighted by Crippen LogP contribution is 2.18. The molecule has 0 radical (unpaired) electrons. The maximum Gasteiger partial charge on any atom is 0.0558 e. The molecule has 0 amide bonds. The molecule has 1 aliphatic carbocycles. The van der Waals surface area contributed by atoms with Crippen LogP contribution in [0.15, 0.2) is 0 Å². The second-order valence-corrected chi connectivity index (χ2v) is 4.54. The summed E-state index contributed by atoms with van der Waals surface area (Å²) in [7, 11) is 0. The third-order valence-electron chi connectivity index (χ3n) is 2.73. The monoisotopic (exact) mass is 216 g/mol. The van der Waals surface area contributed by atoms with E-state index in [1.54, 1.807) is 0 Å². The second kappa shape index (κ2) is 7.17. The molecule has 1 atom stereocenters. The molecule has 90 valence electrons. The predicted octanol–water partition coefficient (Wildman–Crippen LogP) is -0.339. The first-order valence-electron chi connectivity index (χ1n) is 5.93. The van der Waals surface area contributed by atoms with Crippen LogP contribution in [0.4, 0.5) is 0 Å². The minimum absolute atomic E-state index is 0.169. The number of nitrogens with zero attached hydrogens (tertiary/aromatic N) is 1. The molecule has 1 rings (SSSR count). The maximum atomic E-state index is 8.87. The summed E-state index contributed by atoms with van der Waals surface area (Å²) in [6, 6.07) is 0.761. The number of nitrogens with one attached hydrogen (secondary N) is 1. The van der Waals surface area contributed by atoms with E-state index in [2.05, 4.69) is 17.1 Å². The van der Waals surface area contributed by atoms with Crippen LogP contribution < -0.4 is 5.32 Å². The van der Waals surface area contributed by atoms with E-state index in [1.807, 2.05) is 0 Å². The van der Waals surface area contributed by atoms with Crippen LogP contribution in [0.25, 0.3) is 0 Å². The van der Waals surface area contributed by atoms with Gasteiger partial charge in [-0.05, 0) is 25.3 Å². The van der Waals surface area contributed by atoms with Gasteiger partial charge in [-0.25, -0.2) is 0 Å². The Bertz CT molecular complexity index is 157. The summed E-state index contributed by atoms with van der Waals surface area (Å²) < 4.78 is 0. The summed E-state index contributed by atoms with van der Waals surface area (Å²) in [4.78, 5) is 2.11. The van der Waals surface area contributed by atoms with Crippen LogP contribution in [0, 0.1) is 5.92 Å². The normalized spacial score (nSPS) is 18.4. The number of hydrogen-bond acceptors (Lipinski definition) is 4. The number of hydrogen-bond donors (Lipinski definition) is 3. The summed E-state index contributed by atoms with van der Waals surface area (Å²) >= 11 is 0. The molecule has 1 unspecified atom stereocenters. The van der Waals surface area contributed by atoms with E-state index in [0.717, 1.165) is 19.1 Å². The highest BCUT2D eigenvalue weighted by atomic mass is 16.3. The van der Waals surface area contributed by atoms with Crippen LogP contribution in [0.5, 0.6) is 0 Å². The van der Waals surface area contributed by atoms with Gasteiger partial charge in [-0.1, -0.05) is 6.92 Å². The Morgan fingerprint density at radius 3 is 2.33 bits per heavy atom. The van der Waals surface area contributed by atoms with Crippen LogP contribution in [0.2, 0.25) is 0 Å². The maximum absolute atomic E-state index is 8.87. The Hall–Kier alpha value is -0.160. The lowest BCUT2D eigenvalue weighted by Crippen LogP contribution is -2.37. The SMILES string of the molecule is CC(CNC1CC1)CN(CCO)CCO. The first-order valence-corrected chi connectivity index (χ1v) is 5.93. The van der Waals surface area contributed by atoms with Crippen molar-refractivity contribution in [1.29, 1.82) is 0 Å². The number of rotatable bonds is 9. The van der Waals surface area contributed by atoms with Crippen LogP contribution >= 0.6 is 0 Å². The molecule has 0 saturated heterocycles. The number of aliphatic hydroxyl groups is 2. The van der Waals surface area contributed by atoms with Gasteiger partial charge in [0.25, 0.3) is 0 Å². The minimum Gasteiger partial charge on any atom is -0.395 e. The predicted molar refractivity (Wildman–Crippen MR) is 60.8 cm³/mol. The Balaban J connectivity index is 2.09. The van der Waals surface area contributed by atoms with Crippen molar-refractivity contribution in [3.63, 3.8) is 0 Å². The minimum atomic E-state index is 0.169. The van der Waals surface area contributed by atoms with E-state index in [1.165, 1.54) is 12.8 Å². The van der Waals surface area contributed by atoms with Gasteiger partial charge >= 0.3 is 0 Å². The molecular formula is C11H24N2O2. The zero-order valence-electron chi connectivity index (χ0n) is 9.65. The van der Waals surface area contributed by atoms with Gasteiger partial charge in [-0.15, -0.1) is 0 Å². The first kappa shape index (κ1) is 12.9. The second-order valence-electron chi connectivity index (χ2n) is 4.54. The lowest BCUT2D eigenvalue weighted by molar-refractivity contribution is 0.146. The summed E-state index contributed by atoms with van der Waals surface area (Å²) in [5, 5.41) is 21.2. The van der Waals surface area contributed by atoms with Crippen LogP contribution in [0.1, 0.15) is 19.8 Å². The van der Waals surface area contributed by atoms with E-state index < -0.39 is 0 Å². The quantitative estimate of drug-likeness (QED) is 0.493. The first-order chi connectivity index (χ1) is 7.26. The van der Waals surface area contributed by atoms with Crippen molar-refractivity contribution in [2.75, 3.05) is 39.4 Å². The van der Waals surface area contributed by atoms with Crippen molar-refractivity contribution in [1.82, 2.24) is 10.2 Å². The van der Waals surface area contributed by atoms with Crippen molar-refractivity contribution in [2.45, 2.75) is 25.8 Å². The van der Waals surface area contributed by atoms with Gasteiger partial charge in [0, 0.05) is 25.7 Å². The zero-order valence-corrected chi connectivity index (χ0v) is 9.65. The molecule has 0 bridgehead atoms. The van der Waals surface area contributed by atoms with Crippen molar-refractivity contribution in [3.8, 4) is 0 Å². The van der Waals surface area contributed by atoms with Gasteiger partial charge < -0.3 is 15.5 Å². The van der Waals surface area contributed by atoms with Gasteiger partial charge in [-0.2, -0.15) is 0 Å². The molecule has 1 saturated carbocycles. The Morgan fingerprint density at radius 2 is 1.87 bits per heavy atom. The Labute approximate surface area is 92.3 Å². The van der Waals surface area contributed by atoms with Crippen molar-refractivity contribution >= 4 is 0 Å². The van der Waals surface area contributed by atoms with E-state index in [-0.39, 0.29) is 13.2 Å². The smallest absolute Gasteiger partial charge is 0.0558 e. The van der Waals surface area contributed by atoms with E-state index in [4.69, 9.17) is 10.2 Å². The third-order valence-corrected chi connectivity index (χ3v) is 2.73. The van der Waals surface area contributed by atoms with E-state index >= 15 is 0 Å². The molecule has 15 heavy (non-hydrogen) atoms. The third kappa shape index (κ3) is 6.10. The molecule has 4 heteroatoms. The average Bonchev–Trinajstić information content (AvgIpc) is 2.99. The van der Waals surface area contributed by atoms with Gasteiger partial charge in [0.1, 0.15) is 0 Å². The molecule has 0 heterocycles. The van der Waals surface area contributed by atoms with Crippen molar-refractivity contribution in [3.05, 3.63) is 0 Å². The Kier molecular flexibility index (Phi) is 6.17. The molecule has 4 nitrogen and oxygen atoms in total. The highest BCUT2D eigenvalue weighted by Gasteiger charge is 2.21. The molecule has 0 spiro atoms. The lowest BCUT2D eigenvalue weighted by Gasteiger charge is -2.24. The van der Waals surface area contributed by atoms with Gasteiger partial charge in [0.2, 0.25) is 0 Å². The van der Waals surface area contributed by atoms with Gasteiger partial charge in [-0.3, -0.25) is 4.90 Å². The Morgan fingerprint density at radius 1 is 1.27 bits per heavy atom. The molecule has 3 N–H and O–H groups in total. The summed E-state index contributed by atoms with van der Waals surface area (Å²) in [6.07, 6.45) is 2.65. The van der Waals surface area contributed by atoms with Gasteiger partial charge in [0.05, 0.1) is 13.2 Å². The van der Waals surface area contributed by atoms with E-state index in [0.29, 0.717) is 19.0 Å². The van der Waals surface area contributed by atoms with Crippen molar-refractivity contribution < 1.29 is 10.2 Å². The molecular weight excluding hydrogens is 192 g/mol. The molecule has 1 fully saturated rings. The lowest BCUT2D eigenvalue weighted by atomic mass is 10.1. The van der Waals surface area contributed by atoms with Crippen LogP contribution in [-0.4, -0.2) is 60.5 Å². The van der Waals surface area contributed by atoms with Crippen LogP contribution in [0.3, 0.4) is 0 Å². The molecule has 0 aromatic rings. The van der Waals surface area contributed by atoms with Gasteiger partial charge in [0.15, 0.2) is 0 Å². The van der Waals surface area contributed by atoms with E-state index in [9.17, 15) is 0 Å². The fourth-order valence-corrected chi connectivity index (χ4v) is 1.74. The van der Waals surface area contributed by atoms with Crippen molar-refractivity contribution in [2.24, 2.45) is 5.92 Å².